The second kappa shape index (κ2) is 20.2. The topological polar surface area (TPSA) is 235 Å². The van der Waals surface area contributed by atoms with E-state index in [1.165, 1.54) is 6.07 Å². The summed E-state index contributed by atoms with van der Waals surface area (Å²) in [6.45, 7) is 13.1. The average Bonchev–Trinajstić information content (AvgIpc) is 4.04. The molecular weight excluding hydrogens is 959 g/mol. The number of nitrogens with one attached hydrogen (secondary N) is 1. The number of hydrogen-bond donors (Lipinski definition) is 4. The first-order valence-corrected chi connectivity index (χ1v) is 26.0. The van der Waals surface area contributed by atoms with Crippen LogP contribution in [0.1, 0.15) is 117 Å². The second-order valence-corrected chi connectivity index (χ2v) is 20.4. The van der Waals surface area contributed by atoms with Crippen molar-refractivity contribution < 1.29 is 44.0 Å². The smallest absolute Gasteiger partial charge is 0.415 e. The first kappa shape index (κ1) is 50.9. The highest BCUT2D eigenvalue weighted by molar-refractivity contribution is 5.93. The Kier molecular flexibility index (Phi) is 13.7. The van der Waals surface area contributed by atoms with Crippen LogP contribution in [0.15, 0.2) is 65.5 Å². The number of fused-ring (bicyclic) bond motifs is 5. The Bertz CT molecular complexity index is 3320. The lowest BCUT2D eigenvalue weighted by Gasteiger charge is -2.39. The Labute approximate surface area is 433 Å². The summed E-state index contributed by atoms with van der Waals surface area (Å²) in [5.41, 5.74) is 4.54. The Morgan fingerprint density at radius 1 is 0.907 bits per heavy atom. The monoisotopic (exact) mass is 1020 g/mol. The third kappa shape index (κ3) is 9.15. The van der Waals surface area contributed by atoms with Gasteiger partial charge >= 0.3 is 12.1 Å². The molecule has 4 aliphatic heterocycles. The van der Waals surface area contributed by atoms with Gasteiger partial charge in [0.1, 0.15) is 23.9 Å². The van der Waals surface area contributed by atoms with E-state index in [9.17, 15) is 39.3 Å². The molecule has 2 saturated heterocycles. The van der Waals surface area contributed by atoms with Crippen LogP contribution in [-0.2, 0) is 46.0 Å². The maximum atomic E-state index is 13.9. The summed E-state index contributed by atoms with van der Waals surface area (Å²) >= 11 is 0. The molecule has 0 bridgehead atoms. The van der Waals surface area contributed by atoms with E-state index >= 15 is 0 Å². The van der Waals surface area contributed by atoms with Crippen molar-refractivity contribution in [3.8, 4) is 45.7 Å². The van der Waals surface area contributed by atoms with Gasteiger partial charge in [-0.05, 0) is 124 Å². The molecule has 0 aliphatic carbocycles. The molecule has 10 rings (SSSR count). The van der Waals surface area contributed by atoms with E-state index in [-0.39, 0.29) is 83.2 Å². The lowest BCUT2D eigenvalue weighted by Crippen LogP contribution is -2.50. The van der Waals surface area contributed by atoms with Gasteiger partial charge in [-0.25, -0.2) is 14.6 Å². The number of aromatic hydroxyl groups is 2. The molecule has 3 aromatic carbocycles. The van der Waals surface area contributed by atoms with Gasteiger partial charge in [-0.3, -0.25) is 23.9 Å². The number of likely N-dealkylation sites (tertiary alicyclic amines) is 2. The lowest BCUT2D eigenvalue weighted by atomic mass is 9.86. The van der Waals surface area contributed by atoms with Gasteiger partial charge in [0.2, 0.25) is 11.7 Å². The number of aryl methyl sites for hydroxylation is 1. The maximum absolute atomic E-state index is 13.9. The molecule has 7 heterocycles. The normalized spacial score (nSPS) is 17.9. The zero-order valence-electron chi connectivity index (χ0n) is 43.2. The molecule has 3 aromatic heterocycles. The van der Waals surface area contributed by atoms with Gasteiger partial charge in [0.05, 0.1) is 34.6 Å². The van der Waals surface area contributed by atoms with Gasteiger partial charge in [-0.15, -0.1) is 10.2 Å². The highest BCUT2D eigenvalue weighted by Crippen LogP contribution is 2.42. The molecule has 2 fully saturated rings. The van der Waals surface area contributed by atoms with Crippen LogP contribution < -0.4 is 15.6 Å². The fraction of sp³-hybridized carbons (Fsp3) is 0.429. The molecule has 6 aromatic rings. The maximum Gasteiger partial charge on any atom is 0.415 e. The van der Waals surface area contributed by atoms with Crippen LogP contribution in [0.4, 0.5) is 4.79 Å². The summed E-state index contributed by atoms with van der Waals surface area (Å²) in [5, 5.41) is 44.8. The van der Waals surface area contributed by atoms with Crippen LogP contribution in [0, 0.1) is 5.92 Å². The molecule has 19 nitrogen and oxygen atoms in total. The van der Waals surface area contributed by atoms with Gasteiger partial charge in [-0.2, -0.15) is 0 Å². The quantitative estimate of drug-likeness (QED) is 0.0956. The number of aliphatic hydroxyl groups is 1. The first-order valence-electron chi connectivity index (χ1n) is 26.0. The van der Waals surface area contributed by atoms with Crippen LogP contribution >= 0.6 is 0 Å². The summed E-state index contributed by atoms with van der Waals surface area (Å²) in [6.07, 6.45) is 2.87. The standard InChI is InChI=1S/C56H63N9O10/c1-7-37-39-24-36(14-15-44(39)58-48-41(37)29-64-45(48)26-43-42(53(64)70)30-74-54(71)56(43,73)8-2)75-55(72)61(6)34-18-22-63(23-19-34)52(69)33-16-20-62(21-17-33)28-32-10-12-35(13-11-32)65-49(59-60-50(65)51(68)57-9-3)40-25-38(31(4)5)46(66)27-47(40)67/h10-15,24-27,31,33-34,66-67,73H,7-9,16-23,28-30H2,1-6H3,(H,57,68). The molecule has 1 atom stereocenters. The van der Waals surface area contributed by atoms with Crippen molar-refractivity contribution in [3.05, 3.63) is 110 Å². The summed E-state index contributed by atoms with van der Waals surface area (Å²) in [4.78, 5) is 78.0. The predicted molar refractivity (Wildman–Crippen MR) is 278 cm³/mol. The Balaban J connectivity index is 0.737. The largest absolute Gasteiger partial charge is 0.508 e. The molecule has 4 aliphatic rings. The number of carbonyl (C=O) groups is 4. The third-order valence-corrected chi connectivity index (χ3v) is 15.7. The Hall–Kier alpha value is -7.64. The van der Waals surface area contributed by atoms with Gasteiger partial charge in [0, 0.05) is 73.5 Å². The van der Waals surface area contributed by atoms with Crippen LogP contribution in [-0.4, -0.2) is 124 Å². The molecule has 75 heavy (non-hydrogen) atoms. The van der Waals surface area contributed by atoms with Gasteiger partial charge in [0.25, 0.3) is 11.5 Å². The van der Waals surface area contributed by atoms with E-state index in [4.69, 9.17) is 14.5 Å². The minimum atomic E-state index is -1.92. The molecule has 0 spiro atoms. The van der Waals surface area contributed by atoms with Gasteiger partial charge in [-0.1, -0.05) is 39.8 Å². The number of carbonyl (C=O) groups excluding carboxylic acids is 4. The van der Waals surface area contributed by atoms with Crippen molar-refractivity contribution in [3.63, 3.8) is 0 Å². The molecule has 392 valence electrons. The number of nitrogens with zero attached hydrogens (tertiary/aromatic N) is 8. The number of amides is 3. The number of ether oxygens (including phenoxy) is 2. The number of hydrogen-bond acceptors (Lipinski definition) is 14. The van der Waals surface area contributed by atoms with Crippen LogP contribution in [0.3, 0.4) is 0 Å². The molecule has 4 N–H and O–H groups in total. The molecule has 0 radical (unpaired) electrons. The van der Waals surface area contributed by atoms with E-state index < -0.39 is 23.6 Å². The molecular formula is C56H63N9O10. The highest BCUT2D eigenvalue weighted by Gasteiger charge is 2.46. The summed E-state index contributed by atoms with van der Waals surface area (Å²) in [6, 6.07) is 17.6. The van der Waals surface area contributed by atoms with Crippen LogP contribution in [0.2, 0.25) is 0 Å². The van der Waals surface area contributed by atoms with Crippen molar-refractivity contribution in [2.75, 3.05) is 39.8 Å². The van der Waals surface area contributed by atoms with Crippen molar-refractivity contribution >= 4 is 34.8 Å². The lowest BCUT2D eigenvalue weighted by molar-refractivity contribution is -0.172. The molecule has 1 unspecified atom stereocenters. The highest BCUT2D eigenvalue weighted by atomic mass is 16.6. The van der Waals surface area contributed by atoms with Gasteiger partial charge in [0.15, 0.2) is 11.4 Å². The van der Waals surface area contributed by atoms with Crippen molar-refractivity contribution in [1.82, 2.24) is 44.3 Å². The predicted octanol–water partition coefficient (Wildman–Crippen LogP) is 6.51. The van der Waals surface area contributed by atoms with Crippen molar-refractivity contribution in [2.24, 2.45) is 5.92 Å². The van der Waals surface area contributed by atoms with Gasteiger partial charge < -0.3 is 44.5 Å². The molecule has 19 heteroatoms. The number of cyclic esters (lactones) is 1. The van der Waals surface area contributed by atoms with E-state index in [1.54, 1.807) is 52.3 Å². The average molecular weight is 1020 g/mol. The minimum Gasteiger partial charge on any atom is -0.508 e. The number of phenolic OH excluding ortho intramolecular Hbond substituents is 2. The van der Waals surface area contributed by atoms with E-state index in [1.807, 2.05) is 62.9 Å². The summed E-state index contributed by atoms with van der Waals surface area (Å²) < 4.78 is 14.4. The first-order chi connectivity index (χ1) is 36.0. The number of benzene rings is 3. The number of phenols is 2. The number of rotatable bonds is 12. The number of piperidine rings is 2. The summed E-state index contributed by atoms with van der Waals surface area (Å²) in [5.74, 6) is -0.683. The molecule has 0 saturated carbocycles. The van der Waals surface area contributed by atoms with E-state index in [2.05, 4.69) is 20.4 Å². The van der Waals surface area contributed by atoms with Crippen molar-refractivity contribution in [2.45, 2.75) is 110 Å². The van der Waals surface area contributed by atoms with Crippen LogP contribution in [0.25, 0.3) is 39.4 Å². The number of esters is 1. The van der Waals surface area contributed by atoms with Crippen LogP contribution in [0.5, 0.6) is 17.2 Å². The van der Waals surface area contributed by atoms with E-state index in [0.29, 0.717) is 84.9 Å². The zero-order valence-corrected chi connectivity index (χ0v) is 43.2. The number of aromatic nitrogens is 5. The second-order valence-electron chi connectivity index (χ2n) is 20.4. The Morgan fingerprint density at radius 3 is 2.32 bits per heavy atom. The zero-order chi connectivity index (χ0) is 53.0. The number of pyridine rings is 2. The fourth-order valence-corrected chi connectivity index (χ4v) is 11.3. The minimum absolute atomic E-state index is 0.0279. The Morgan fingerprint density at radius 2 is 1.64 bits per heavy atom. The SMILES string of the molecule is CCNC(=O)c1nnc(-c2cc(C(C)C)c(O)cc2O)n1-c1ccc(CN2CCC(C(=O)N3CCC(N(C)C(=O)Oc4ccc5nc6c(c(CC)c5c4)Cn4c-6cc5c(c4=O)COC(=O)C5(O)CC)CC3)CC2)cc1. The summed E-state index contributed by atoms with van der Waals surface area (Å²) in [7, 11) is 1.73. The third-order valence-electron chi connectivity index (χ3n) is 15.7. The molecule has 3 amide bonds. The fourth-order valence-electron chi connectivity index (χ4n) is 11.3. The van der Waals surface area contributed by atoms with Crippen molar-refractivity contribution in [1.29, 1.82) is 0 Å². The van der Waals surface area contributed by atoms with E-state index in [0.717, 1.165) is 48.0 Å².